The van der Waals surface area contributed by atoms with Crippen molar-refractivity contribution in [3.63, 3.8) is 0 Å². The van der Waals surface area contributed by atoms with Gasteiger partial charge >= 0.3 is 245 Å². The third-order valence-corrected chi connectivity index (χ3v) is 8.22. The van der Waals surface area contributed by atoms with E-state index in [9.17, 15) is 27.2 Å². The number of aromatic nitrogens is 2. The van der Waals surface area contributed by atoms with Crippen molar-refractivity contribution in [2.75, 3.05) is 0 Å². The van der Waals surface area contributed by atoms with E-state index in [-0.39, 0.29) is 24.4 Å². The van der Waals surface area contributed by atoms with Gasteiger partial charge in [-0.05, 0) is 5.92 Å². The molecular weight excluding hydrogens is 627 g/mol. The van der Waals surface area contributed by atoms with E-state index in [0.29, 0.717) is 36.2 Å². The Morgan fingerprint density at radius 1 is 1.10 bits per heavy atom. The summed E-state index contributed by atoms with van der Waals surface area (Å²) in [5.41, 5.74) is 0.171. The van der Waals surface area contributed by atoms with Gasteiger partial charge in [0, 0.05) is 0 Å². The summed E-state index contributed by atoms with van der Waals surface area (Å²) in [6, 6.07) is 6.75. The van der Waals surface area contributed by atoms with Crippen molar-refractivity contribution in [1.82, 2.24) is 25.1 Å². The van der Waals surface area contributed by atoms with Gasteiger partial charge in [-0.25, -0.2) is 0 Å². The molecule has 0 aliphatic carbocycles. The van der Waals surface area contributed by atoms with Crippen LogP contribution in [0.25, 0.3) is 0 Å². The van der Waals surface area contributed by atoms with Gasteiger partial charge in [0.25, 0.3) is 0 Å². The van der Waals surface area contributed by atoms with Gasteiger partial charge in [-0.2, -0.15) is 0 Å². The molecule has 2 aliphatic rings. The van der Waals surface area contributed by atoms with E-state index >= 15 is 0 Å². The summed E-state index contributed by atoms with van der Waals surface area (Å²) in [6.07, 6.45) is 2.52. The van der Waals surface area contributed by atoms with Crippen molar-refractivity contribution >= 4 is 24.6 Å². The maximum absolute atomic E-state index is 14.2. The van der Waals surface area contributed by atoms with E-state index in [1.165, 1.54) is 71.3 Å². The average Bonchev–Trinajstić information content (AvgIpc) is 3.65. The molecule has 1 N–H and O–H groups in total. The molecule has 1 saturated heterocycles. The molecule has 1 fully saturated rings. The SMILES string of the molecule is CCC(C)C.CCCCC(c1ccc(C(F)(F)F)c(C(=O)N2Cc3nccnc3C2)c1)N1C(=O)C(c2ccc(F)cc2)NC1=BOC#N. The second-order valence-corrected chi connectivity index (χ2v) is 11.9. The molecule has 2 aliphatic heterocycles. The Kier molecular flexibility index (Phi) is 11.9. The van der Waals surface area contributed by atoms with Crippen LogP contribution >= 0.6 is 0 Å². The van der Waals surface area contributed by atoms with Crippen LogP contribution in [0.3, 0.4) is 0 Å². The van der Waals surface area contributed by atoms with Gasteiger partial charge < -0.3 is 0 Å². The predicted molar refractivity (Wildman–Crippen MR) is 171 cm³/mol. The fourth-order valence-electron chi connectivity index (χ4n) is 5.34. The van der Waals surface area contributed by atoms with Crippen LogP contribution in [0.1, 0.15) is 104 Å². The predicted octanol–water partition coefficient (Wildman–Crippen LogP) is 6.45. The molecule has 48 heavy (non-hydrogen) atoms. The van der Waals surface area contributed by atoms with Crippen LogP contribution in [0.4, 0.5) is 17.6 Å². The van der Waals surface area contributed by atoms with Gasteiger partial charge in [0.05, 0.1) is 0 Å². The molecule has 0 bridgehead atoms. The van der Waals surface area contributed by atoms with Crippen LogP contribution in [0.15, 0.2) is 54.9 Å². The zero-order valence-electron chi connectivity index (χ0n) is 27.2. The fourth-order valence-corrected chi connectivity index (χ4v) is 5.34. The van der Waals surface area contributed by atoms with Crippen molar-refractivity contribution in [3.05, 3.63) is 94.3 Å². The Labute approximate surface area is 277 Å². The van der Waals surface area contributed by atoms with Gasteiger partial charge in [0.15, 0.2) is 0 Å². The van der Waals surface area contributed by atoms with Gasteiger partial charge in [0.2, 0.25) is 0 Å². The number of amides is 2. The zero-order valence-corrected chi connectivity index (χ0v) is 27.2. The van der Waals surface area contributed by atoms with Crippen LogP contribution in [-0.4, -0.2) is 44.4 Å². The molecule has 252 valence electrons. The zero-order chi connectivity index (χ0) is 35.0. The van der Waals surface area contributed by atoms with Gasteiger partial charge in [-0.15, -0.1) is 0 Å². The van der Waals surface area contributed by atoms with Crippen molar-refractivity contribution in [3.8, 4) is 6.26 Å². The molecule has 2 amide bonds. The van der Waals surface area contributed by atoms with Crippen LogP contribution in [0.5, 0.6) is 0 Å². The molecule has 2 atom stereocenters. The normalized spacial score (nSPS) is 16.9. The minimum atomic E-state index is -4.82. The monoisotopic (exact) mass is 664 g/mol. The number of hydrogen-bond donors (Lipinski definition) is 1. The first-order chi connectivity index (χ1) is 22.9. The van der Waals surface area contributed by atoms with E-state index in [2.05, 4.69) is 36.1 Å². The van der Waals surface area contributed by atoms with E-state index in [1.54, 1.807) is 0 Å². The summed E-state index contributed by atoms with van der Waals surface area (Å²) < 4.78 is 60.9. The number of alkyl halides is 3. The molecule has 9 nitrogen and oxygen atoms in total. The van der Waals surface area contributed by atoms with Crippen LogP contribution in [-0.2, 0) is 28.7 Å². The number of hydrogen-bond acceptors (Lipinski definition) is 7. The number of nitrogens with one attached hydrogen (secondary N) is 1. The molecule has 2 aromatic carbocycles. The number of nitrogens with zero attached hydrogens (tertiary/aromatic N) is 5. The maximum atomic E-state index is 14.2. The molecule has 3 heterocycles. The Bertz CT molecular complexity index is 1650. The summed E-state index contributed by atoms with van der Waals surface area (Å²) in [6.45, 7) is 8.58. The summed E-state index contributed by atoms with van der Waals surface area (Å²) in [5.74, 6) is -0.942. The van der Waals surface area contributed by atoms with Gasteiger partial charge in [-0.3, -0.25) is 0 Å². The molecule has 2 unspecified atom stereocenters. The first-order valence-electron chi connectivity index (χ1n) is 15.8. The number of carbonyl (C=O) groups is 2. The molecule has 0 radical (unpaired) electrons. The Hall–Kier alpha value is -4.80. The Morgan fingerprint density at radius 2 is 1.73 bits per heavy atom. The second kappa shape index (κ2) is 15.9. The Balaban J connectivity index is 0.000000968. The minimum absolute atomic E-state index is 0.00899. The van der Waals surface area contributed by atoms with E-state index in [0.717, 1.165) is 19.1 Å². The van der Waals surface area contributed by atoms with Crippen LogP contribution < -0.4 is 5.32 Å². The summed E-state index contributed by atoms with van der Waals surface area (Å²) >= 11 is 0. The van der Waals surface area contributed by atoms with Crippen LogP contribution in [0, 0.1) is 23.3 Å². The molecule has 14 heteroatoms. The summed E-state index contributed by atoms with van der Waals surface area (Å²) in [5, 5.41) is 12.0. The molecule has 0 spiro atoms. The third-order valence-electron chi connectivity index (χ3n) is 8.22. The molecule has 0 saturated carbocycles. The molecule has 3 aromatic rings. The molecular formula is C34H37BF4N6O3. The summed E-state index contributed by atoms with van der Waals surface area (Å²) in [4.78, 5) is 38.4. The second-order valence-electron chi connectivity index (χ2n) is 11.9. The summed E-state index contributed by atoms with van der Waals surface area (Å²) in [7, 11) is 1.04. The van der Waals surface area contributed by atoms with Crippen molar-refractivity contribution in [1.29, 1.82) is 5.26 Å². The van der Waals surface area contributed by atoms with Gasteiger partial charge in [0.1, 0.15) is 0 Å². The number of unbranched alkanes of at least 4 members (excludes halogenated alkanes) is 1. The number of nitriles is 1. The first-order valence-corrected chi connectivity index (χ1v) is 15.8. The number of benzene rings is 2. The third kappa shape index (κ3) is 8.37. The number of halogens is 4. The standard InChI is InChI=1S/C29H25BF4N6O3.C5H12/c1-2-3-4-24(40-27(42)25(38-28(40)30-43-16-35)17-5-8-19(31)9-6-17)18-7-10-21(29(32,33)34)20(13-18)26(41)39-14-22-23(15-39)37-12-11-36-22;1-4-5(2)3/h5-13,24-25,38H,2-4,14-15H2,1H3;5H,4H2,1-3H3. The quantitative estimate of drug-likeness (QED) is 0.159. The first kappa shape index (κ1) is 36.0. The topological polar surface area (TPSA) is 111 Å². The fraction of sp³-hybridized carbons (Fsp3) is 0.412. The van der Waals surface area contributed by atoms with Crippen molar-refractivity contribution in [2.45, 2.75) is 84.7 Å². The van der Waals surface area contributed by atoms with Crippen molar-refractivity contribution < 1.29 is 31.8 Å². The molecule has 1 aromatic heterocycles. The number of carbonyl (C=O) groups excluding carboxylic acids is 2. The van der Waals surface area contributed by atoms with E-state index < -0.39 is 47.0 Å². The average molecular weight is 665 g/mol. The van der Waals surface area contributed by atoms with Crippen LogP contribution in [0.2, 0.25) is 0 Å². The van der Waals surface area contributed by atoms with E-state index in [4.69, 9.17) is 9.92 Å². The van der Waals surface area contributed by atoms with Gasteiger partial charge in [-0.1, -0.05) is 27.2 Å². The number of rotatable bonds is 9. The van der Waals surface area contributed by atoms with Crippen molar-refractivity contribution in [2.24, 2.45) is 5.92 Å². The Morgan fingerprint density at radius 3 is 2.27 bits per heavy atom. The molecule has 5 rings (SSSR count). The van der Waals surface area contributed by atoms with E-state index in [1.807, 2.05) is 6.92 Å². The number of fused-ring (bicyclic) bond motifs is 1.